The predicted octanol–water partition coefficient (Wildman–Crippen LogP) is 18.4. The molecule has 4 aromatic rings. The van der Waals surface area contributed by atoms with Crippen molar-refractivity contribution in [1.29, 1.82) is 0 Å². The van der Waals surface area contributed by atoms with Crippen LogP contribution in [0.5, 0.6) is 0 Å². The van der Waals surface area contributed by atoms with Crippen molar-refractivity contribution in [1.82, 2.24) is 30.6 Å². The van der Waals surface area contributed by atoms with E-state index in [9.17, 15) is 38.4 Å². The second-order valence-electron chi connectivity index (χ2n) is 24.3. The average molecular weight is 1580 g/mol. The monoisotopic (exact) mass is 1570 g/mol. The first-order chi connectivity index (χ1) is 47.1. The van der Waals surface area contributed by atoms with Gasteiger partial charge in [-0.3, -0.25) is 47.7 Å². The number of nitrogens with one attached hydrogen (secondary N) is 4. The van der Waals surface area contributed by atoms with Crippen molar-refractivity contribution in [3.63, 3.8) is 0 Å². The summed E-state index contributed by atoms with van der Waals surface area (Å²) >= 11 is 16.3. The van der Waals surface area contributed by atoms with Crippen LogP contribution in [0.2, 0.25) is 0 Å². The SMILES string of the molecule is CC(=O)Sc1cc(C)cc(C(=O)NCCCOP(C)Cl)c1.CC(=O)Sc1cc(C)cc(C(=O)NCCCOP(C)N(C(C)C)C(C)C)c1.CCc1cc(CSC(C)=O)cc(C(=O)NCCCOP(C)Cl)c1.CCc1cc(CSC(C)=O)cc(C(=O)NCCCOP(C)N(C(C)C)C(C)C)c1. The Balaban J connectivity index is 0.000000671. The molecule has 0 radical (unpaired) electrons. The Hall–Kier alpha value is -3.10. The number of hydrogen-bond donors (Lipinski definition) is 4. The van der Waals surface area contributed by atoms with Gasteiger partial charge in [-0.15, -0.1) is 0 Å². The van der Waals surface area contributed by atoms with Gasteiger partial charge in [0.05, 0.1) is 26.4 Å². The molecule has 28 heteroatoms. The highest BCUT2D eigenvalue weighted by Crippen LogP contribution is 2.42. The summed E-state index contributed by atoms with van der Waals surface area (Å²) < 4.78 is 27.3. The zero-order valence-electron chi connectivity index (χ0n) is 62.5. The second kappa shape index (κ2) is 53.6. The summed E-state index contributed by atoms with van der Waals surface area (Å²) in [5, 5.41) is 11.8. The first-order valence-electron chi connectivity index (χ1n) is 33.7. The van der Waals surface area contributed by atoms with Crippen LogP contribution in [0.3, 0.4) is 0 Å². The zero-order valence-corrected chi connectivity index (χ0v) is 70.9. The van der Waals surface area contributed by atoms with Crippen LogP contribution in [-0.2, 0) is 61.6 Å². The van der Waals surface area contributed by atoms with Gasteiger partial charge in [0.15, 0.2) is 20.5 Å². The Morgan fingerprint density at radius 2 is 0.670 bits per heavy atom. The van der Waals surface area contributed by atoms with E-state index in [4.69, 9.17) is 40.6 Å². The van der Waals surface area contributed by atoms with E-state index in [0.29, 0.717) is 117 Å². The summed E-state index contributed by atoms with van der Waals surface area (Å²) in [6.45, 7) is 44.1. The van der Waals surface area contributed by atoms with Gasteiger partial charge in [0, 0.05) is 122 Å². The molecule has 560 valence electrons. The van der Waals surface area contributed by atoms with E-state index in [1.807, 2.05) is 82.6 Å². The van der Waals surface area contributed by atoms with Crippen molar-refractivity contribution in [2.75, 3.05) is 79.3 Å². The lowest BCUT2D eigenvalue weighted by Gasteiger charge is -2.35. The fourth-order valence-electron chi connectivity index (χ4n) is 9.85. The Kier molecular flexibility index (Phi) is 50.9. The van der Waals surface area contributed by atoms with Crippen molar-refractivity contribution < 1.29 is 56.5 Å². The fourth-order valence-corrected chi connectivity index (χ4v) is 17.3. The van der Waals surface area contributed by atoms with Gasteiger partial charge in [0.25, 0.3) is 23.6 Å². The van der Waals surface area contributed by atoms with Crippen LogP contribution in [0.15, 0.2) is 82.6 Å². The van der Waals surface area contributed by atoms with Crippen LogP contribution in [0.1, 0.15) is 197 Å². The number of nitrogens with zero attached hydrogens (tertiary/aromatic N) is 2. The average Bonchev–Trinajstić information content (AvgIpc) is 0.881. The molecule has 4 unspecified atom stereocenters. The molecule has 0 heterocycles. The molecular weight excluding hydrogens is 1460 g/mol. The lowest BCUT2D eigenvalue weighted by atomic mass is 10.0. The summed E-state index contributed by atoms with van der Waals surface area (Å²) in [5.41, 5.74) is 8.58. The highest BCUT2D eigenvalue weighted by molar-refractivity contribution is 8.14. The van der Waals surface area contributed by atoms with E-state index < -0.39 is 31.6 Å². The molecule has 0 spiro atoms. The van der Waals surface area contributed by atoms with Crippen LogP contribution >= 0.6 is 101 Å². The largest absolute Gasteiger partial charge is 0.352 e. The van der Waals surface area contributed by atoms with Crippen LogP contribution in [0.4, 0.5) is 0 Å². The number of halogens is 2. The number of hydrogen-bond acceptors (Lipinski definition) is 18. The molecule has 4 atom stereocenters. The molecule has 0 aliphatic heterocycles. The molecule has 4 amide bonds. The van der Waals surface area contributed by atoms with Gasteiger partial charge in [-0.2, -0.15) is 0 Å². The van der Waals surface area contributed by atoms with E-state index in [-0.39, 0.29) is 44.1 Å². The van der Waals surface area contributed by atoms with Gasteiger partial charge in [-0.25, -0.2) is 0 Å². The van der Waals surface area contributed by atoms with Gasteiger partial charge < -0.3 is 39.4 Å². The number of thioether (sulfide) groups is 4. The molecule has 0 fully saturated rings. The minimum absolute atomic E-state index is 0.00115. The van der Waals surface area contributed by atoms with Gasteiger partial charge in [-0.05, 0) is 228 Å². The van der Waals surface area contributed by atoms with Gasteiger partial charge in [0.2, 0.25) is 0 Å². The molecule has 4 rings (SSSR count). The smallest absolute Gasteiger partial charge is 0.251 e. The third kappa shape index (κ3) is 43.4. The topological polar surface area (TPSA) is 228 Å². The predicted molar refractivity (Wildman–Crippen MR) is 430 cm³/mol. The van der Waals surface area contributed by atoms with Gasteiger partial charge in [-0.1, -0.05) is 95.5 Å². The maximum Gasteiger partial charge on any atom is 0.251 e. The van der Waals surface area contributed by atoms with E-state index >= 15 is 0 Å². The lowest BCUT2D eigenvalue weighted by molar-refractivity contribution is -0.109. The second-order valence-corrected chi connectivity index (χ2v) is 37.4. The van der Waals surface area contributed by atoms with Crippen LogP contribution in [-0.4, -0.2) is 157 Å². The van der Waals surface area contributed by atoms with Crippen molar-refractivity contribution >= 4 is 145 Å². The first kappa shape index (κ1) is 94.9. The third-order valence-corrected chi connectivity index (χ3v) is 23.0. The standard InChI is InChI=1S/C22H37N2O3PS.C20H33N2O3PS.C16H23ClNO3PS.C14H19ClNO3PS/c1-8-19-12-20(15-29-18(6)25)14-21(13-19)22(26)23-10-9-11-27-28(7)24(16(2)3)17(4)5;1-14(2)22(15(3)4)26(7)25-10-8-9-21-20(24)18-11-16(5)12-19(13-18)27-17(6)23;1-4-13-8-14(11-23-12(2)19)10-15(9-13)16(20)18-6-5-7-21-22(3)17;1-10-7-12(9-13(8-10)21-11(2)17)14(18)16-5-4-6-19-20(3)15/h12-14,16-17H,8-11,15H2,1-7H3,(H,23,26);11-15H,8-10H2,1-7H3,(H,21,24);8-10H,4-7,11H2,1-3H3,(H,18,20);7-9H,4-6H2,1-3H3,(H,16,18). The Morgan fingerprint density at radius 1 is 0.400 bits per heavy atom. The van der Waals surface area contributed by atoms with E-state index in [1.165, 1.54) is 37.4 Å². The Labute approximate surface area is 630 Å². The number of amides is 4. The van der Waals surface area contributed by atoms with Crippen molar-refractivity contribution in [3.05, 3.63) is 128 Å². The molecule has 0 aliphatic rings. The molecule has 0 saturated carbocycles. The summed E-state index contributed by atoms with van der Waals surface area (Å²) in [6.07, 6.45) is 4.70. The maximum absolute atomic E-state index is 12.6. The van der Waals surface area contributed by atoms with E-state index in [0.717, 1.165) is 98.8 Å². The van der Waals surface area contributed by atoms with E-state index in [1.54, 1.807) is 32.0 Å². The molecule has 18 nitrogen and oxygen atoms in total. The maximum atomic E-state index is 12.6. The summed E-state index contributed by atoms with van der Waals surface area (Å²) in [5.74, 6) is 0.757. The van der Waals surface area contributed by atoms with Crippen molar-refractivity contribution in [2.45, 2.75) is 195 Å². The molecule has 4 N–H and O–H groups in total. The van der Waals surface area contributed by atoms with E-state index in [2.05, 4.69) is 112 Å². The third-order valence-electron chi connectivity index (χ3n) is 13.8. The van der Waals surface area contributed by atoms with Crippen LogP contribution < -0.4 is 21.3 Å². The minimum Gasteiger partial charge on any atom is -0.352 e. The summed E-state index contributed by atoms with van der Waals surface area (Å²) in [6, 6.07) is 24.4. The number of carbonyl (C=O) groups is 8. The molecule has 0 bridgehead atoms. The quantitative estimate of drug-likeness (QED) is 0.0186. The van der Waals surface area contributed by atoms with Crippen molar-refractivity contribution in [2.24, 2.45) is 0 Å². The van der Waals surface area contributed by atoms with Crippen molar-refractivity contribution in [3.8, 4) is 0 Å². The number of carbonyl (C=O) groups excluding carboxylic acids is 8. The molecule has 0 saturated heterocycles. The van der Waals surface area contributed by atoms with Gasteiger partial charge in [0.1, 0.15) is 31.6 Å². The number of aryl methyl sites for hydroxylation is 4. The minimum atomic E-state index is -0.869. The first-order valence-corrected chi connectivity index (χ1v) is 45.8. The highest BCUT2D eigenvalue weighted by atomic mass is 35.7. The highest BCUT2D eigenvalue weighted by Gasteiger charge is 2.23. The molecular formula is C72H112Cl2N6O12P4S4. The number of benzene rings is 4. The molecule has 0 aliphatic carbocycles. The lowest BCUT2D eigenvalue weighted by Crippen LogP contribution is -2.33. The normalized spacial score (nSPS) is 12.4. The number of rotatable bonds is 38. The summed E-state index contributed by atoms with van der Waals surface area (Å²) in [7, 11) is -2.99. The zero-order chi connectivity index (χ0) is 75.6. The fraction of sp³-hybridized carbons (Fsp3) is 0.556. The van der Waals surface area contributed by atoms with Gasteiger partial charge >= 0.3 is 0 Å². The Morgan fingerprint density at radius 3 is 0.920 bits per heavy atom. The molecule has 0 aromatic heterocycles. The summed E-state index contributed by atoms with van der Waals surface area (Å²) in [4.78, 5) is 95.6. The van der Waals surface area contributed by atoms with Crippen LogP contribution in [0, 0.1) is 13.8 Å². The molecule has 4 aromatic carbocycles. The van der Waals surface area contributed by atoms with Crippen LogP contribution in [0.25, 0.3) is 0 Å². The Bertz CT molecular complexity index is 3160. The molecule has 100 heavy (non-hydrogen) atoms.